The maximum absolute atomic E-state index is 7.90. The Bertz CT molecular complexity index is 96.2. The summed E-state index contributed by atoms with van der Waals surface area (Å²) in [6.45, 7) is 0. The normalized spacial score (nSPS) is 6.00. The molecule has 0 atom stereocenters. The van der Waals surface area contributed by atoms with Crippen molar-refractivity contribution in [1.82, 2.24) is 0 Å². The Morgan fingerprint density at radius 3 is 2.00 bits per heavy atom. The van der Waals surface area contributed by atoms with Crippen LogP contribution in [0.25, 0.3) is 0 Å². The molecule has 0 aromatic rings. The molecule has 0 aliphatic heterocycles. The van der Waals surface area contributed by atoms with Crippen molar-refractivity contribution in [2.45, 2.75) is 0 Å². The Balaban J connectivity index is 3.85. The molecule has 0 heterocycles. The Hall–Kier alpha value is 0.150. The molecule has 4 heavy (non-hydrogen) atoms. The van der Waals surface area contributed by atoms with Crippen LogP contribution in [0.1, 0.15) is 0 Å². The highest BCUT2D eigenvalue weighted by atomic mass is 32.8. The van der Waals surface area contributed by atoms with Gasteiger partial charge in [-0.3, -0.25) is 0 Å². The Morgan fingerprint density at radius 2 is 2.00 bits per heavy atom. The van der Waals surface area contributed by atoms with Crippen LogP contribution in [0, 0.1) is 4.61 Å². The van der Waals surface area contributed by atoms with Gasteiger partial charge in [0.2, 0.25) is 0 Å². The van der Waals surface area contributed by atoms with Crippen molar-refractivity contribution in [3.8, 4) is 0 Å². The van der Waals surface area contributed by atoms with Gasteiger partial charge < -0.3 is 0 Å². The molecular formula is CH3NS2. The first-order valence-electron chi connectivity index (χ1n) is 0.757. The maximum Gasteiger partial charge on any atom is 0.0310 e. The number of rotatable bonds is 0. The summed E-state index contributed by atoms with van der Waals surface area (Å²) in [6, 6.07) is 0. The van der Waals surface area contributed by atoms with Crippen LogP contribution in [0.5, 0.6) is 0 Å². The van der Waals surface area contributed by atoms with Crippen molar-refractivity contribution >= 4 is 20.3 Å². The molecule has 0 bridgehead atoms. The van der Waals surface area contributed by atoms with Crippen LogP contribution in [-0.4, -0.2) is 6.26 Å². The molecule has 3 heteroatoms. The van der Waals surface area contributed by atoms with Gasteiger partial charge in [-0.15, -0.1) is 0 Å². The van der Waals surface area contributed by atoms with E-state index in [1.54, 1.807) is 6.26 Å². The molecule has 0 aromatic heterocycles. The zero-order chi connectivity index (χ0) is 3.58. The van der Waals surface area contributed by atoms with E-state index in [0.29, 0.717) is 0 Å². The first-order chi connectivity index (χ1) is 1.73. The molecule has 0 saturated carbocycles. The molecule has 0 rings (SSSR count). The molecule has 0 radical (unpaired) electrons. The average Bonchev–Trinajstić information content (AvgIpc) is 0.811. The first-order valence-corrected chi connectivity index (χ1v) is 3.27. The van der Waals surface area contributed by atoms with E-state index in [0.717, 1.165) is 0 Å². The van der Waals surface area contributed by atoms with E-state index in [2.05, 4.69) is 11.2 Å². The van der Waals surface area contributed by atoms with E-state index in [-0.39, 0.29) is 0 Å². The third kappa shape index (κ3) is 126. The van der Waals surface area contributed by atoms with Gasteiger partial charge in [0.15, 0.2) is 0 Å². The summed E-state index contributed by atoms with van der Waals surface area (Å²) in [6.07, 6.45) is 1.56. The van der Waals surface area contributed by atoms with E-state index >= 15 is 0 Å². The van der Waals surface area contributed by atoms with Crippen LogP contribution in [0.2, 0.25) is 0 Å². The molecule has 0 aliphatic rings. The predicted octanol–water partition coefficient (Wildman–Crippen LogP) is 0.176. The smallest absolute Gasteiger partial charge is 0.0310 e. The van der Waals surface area contributed by atoms with Gasteiger partial charge in [0, 0.05) is 26.5 Å². The number of nitrogens with zero attached hydrogens (tertiary/aromatic N) is 1. The van der Waals surface area contributed by atoms with E-state index < -0.39 is 9.08 Å². The van der Waals surface area contributed by atoms with Gasteiger partial charge in [0.05, 0.1) is 0 Å². The molecule has 24 valence electrons. The highest BCUT2D eigenvalue weighted by Gasteiger charge is 1.36. The van der Waals surface area contributed by atoms with Crippen molar-refractivity contribution in [2.75, 3.05) is 6.26 Å². The Morgan fingerprint density at radius 1 is 2.00 bits per heavy atom. The summed E-state index contributed by atoms with van der Waals surface area (Å²) in [4.78, 5) is 0. The van der Waals surface area contributed by atoms with Crippen LogP contribution >= 0.6 is 0 Å². The summed E-state index contributed by atoms with van der Waals surface area (Å²) >= 11 is 4.20. The van der Waals surface area contributed by atoms with Gasteiger partial charge >= 0.3 is 0 Å². The van der Waals surface area contributed by atoms with Gasteiger partial charge in [0.25, 0.3) is 0 Å². The third-order valence-electron chi connectivity index (χ3n) is 0. The van der Waals surface area contributed by atoms with Crippen LogP contribution in [0.3, 0.4) is 0 Å². The van der Waals surface area contributed by atoms with E-state index in [1.807, 2.05) is 0 Å². The summed E-state index contributed by atoms with van der Waals surface area (Å²) in [7, 11) is -0.778. The minimum atomic E-state index is -0.778. The highest BCUT2D eigenvalue weighted by Crippen LogP contribution is 1.30. The van der Waals surface area contributed by atoms with Crippen LogP contribution in [-0.2, 0) is 20.3 Å². The molecule has 0 spiro atoms. The van der Waals surface area contributed by atoms with Crippen molar-refractivity contribution in [2.24, 2.45) is 0 Å². The number of hydrogen-bond acceptors (Lipinski definition) is 2. The third-order valence-corrected chi connectivity index (χ3v) is 0. The van der Waals surface area contributed by atoms with Crippen LogP contribution in [0.4, 0.5) is 0 Å². The second-order valence-electron chi connectivity index (χ2n) is 0.424. The van der Waals surface area contributed by atoms with Crippen LogP contribution in [0.15, 0.2) is 0 Å². The molecule has 0 fully saturated rings. The first kappa shape index (κ1) is 4.15. The lowest BCUT2D eigenvalue weighted by Gasteiger charge is -1.35. The predicted molar refractivity (Wildman–Crippen MR) is 22.4 cm³/mol. The maximum atomic E-state index is 7.90. The minimum absolute atomic E-state index is 0.778. The van der Waals surface area contributed by atoms with Crippen LogP contribution < -0.4 is 0 Å². The Labute approximate surface area is 31.8 Å². The number of hydrogen-bond donors (Lipinski definition) is 0. The van der Waals surface area contributed by atoms with Gasteiger partial charge in [-0.2, -0.15) is 4.61 Å². The quantitative estimate of drug-likeness (QED) is 0.426. The van der Waals surface area contributed by atoms with Crippen molar-refractivity contribution in [1.29, 1.82) is 4.61 Å². The van der Waals surface area contributed by atoms with E-state index in [9.17, 15) is 0 Å². The van der Waals surface area contributed by atoms with Crippen molar-refractivity contribution in [3.63, 3.8) is 0 Å². The van der Waals surface area contributed by atoms with Crippen molar-refractivity contribution < 1.29 is 0 Å². The largest absolute Gasteiger partial charge is 0.178 e. The summed E-state index contributed by atoms with van der Waals surface area (Å²) in [5.41, 5.74) is 0. The SMILES string of the molecule is CS(#N)=S. The molecule has 0 aromatic carbocycles. The fourth-order valence-electron chi connectivity index (χ4n) is 0. The lowest BCUT2D eigenvalue weighted by molar-refractivity contribution is 1.65. The standard InChI is InChI=1S/CH3NS2/c1-4(2)3/h1H3. The lowest BCUT2D eigenvalue weighted by atomic mass is 12.0. The van der Waals surface area contributed by atoms with Gasteiger partial charge in [-0.25, -0.2) is 0 Å². The fourth-order valence-corrected chi connectivity index (χ4v) is 0. The molecule has 0 saturated heterocycles. The summed E-state index contributed by atoms with van der Waals surface area (Å²) < 4.78 is 7.90. The van der Waals surface area contributed by atoms with Crippen molar-refractivity contribution in [3.05, 3.63) is 0 Å². The van der Waals surface area contributed by atoms with Gasteiger partial charge in [-0.1, -0.05) is 0 Å². The minimum Gasteiger partial charge on any atom is -0.178 e. The molecule has 1 nitrogen and oxygen atoms in total. The summed E-state index contributed by atoms with van der Waals surface area (Å²) in [5, 5.41) is 0. The topological polar surface area (TPSA) is 23.8 Å². The molecule has 0 aliphatic carbocycles. The fraction of sp³-hybridized carbons (Fsp3) is 1.00. The Kier molecular flexibility index (Phi) is 1.52. The molecule has 0 unspecified atom stereocenters. The lowest BCUT2D eigenvalue weighted by Crippen LogP contribution is -1.41. The average molecular weight is 93.2 g/mol. The summed E-state index contributed by atoms with van der Waals surface area (Å²) in [5.74, 6) is 0. The second kappa shape index (κ2) is 1.47. The van der Waals surface area contributed by atoms with E-state index in [1.165, 1.54) is 0 Å². The second-order valence-corrected chi connectivity index (χ2v) is 2.72. The zero-order valence-electron chi connectivity index (χ0n) is 2.26. The van der Waals surface area contributed by atoms with Gasteiger partial charge in [-0.05, 0) is 0 Å². The molecular weight excluding hydrogens is 90.2 g/mol. The van der Waals surface area contributed by atoms with E-state index in [4.69, 9.17) is 4.61 Å². The zero-order valence-corrected chi connectivity index (χ0v) is 3.90. The highest BCUT2D eigenvalue weighted by molar-refractivity contribution is 8.20. The molecule has 0 N–H and O–H groups in total. The van der Waals surface area contributed by atoms with Gasteiger partial charge in [0.1, 0.15) is 0 Å². The monoisotopic (exact) mass is 93.0 g/mol. The molecule has 0 amide bonds.